The Balaban J connectivity index is 1.64. The second-order valence-electron chi connectivity index (χ2n) is 7.20. The summed E-state index contributed by atoms with van der Waals surface area (Å²) in [6, 6.07) is 16.9. The van der Waals surface area contributed by atoms with Gasteiger partial charge < -0.3 is 19.8 Å². The highest BCUT2D eigenvalue weighted by Gasteiger charge is 2.47. The van der Waals surface area contributed by atoms with E-state index in [1.54, 1.807) is 6.07 Å². The third-order valence-electron chi connectivity index (χ3n) is 4.81. The molecule has 1 N–H and O–H groups in total. The summed E-state index contributed by atoms with van der Waals surface area (Å²) in [7, 11) is 5.16. The molecule has 7 nitrogen and oxygen atoms in total. The van der Waals surface area contributed by atoms with E-state index < -0.39 is 11.6 Å². The van der Waals surface area contributed by atoms with Crippen molar-refractivity contribution >= 4 is 23.3 Å². The van der Waals surface area contributed by atoms with Crippen LogP contribution in [-0.2, 0) is 20.8 Å². The Kier molecular flexibility index (Phi) is 6.16. The van der Waals surface area contributed by atoms with Crippen molar-refractivity contribution in [2.75, 3.05) is 32.6 Å². The van der Waals surface area contributed by atoms with Crippen LogP contribution in [0.4, 0.5) is 5.69 Å². The van der Waals surface area contributed by atoms with E-state index in [2.05, 4.69) is 10.5 Å². The molecule has 0 aliphatic carbocycles. The van der Waals surface area contributed by atoms with E-state index in [1.165, 1.54) is 7.11 Å². The number of nitrogens with zero attached hydrogens (tertiary/aromatic N) is 2. The van der Waals surface area contributed by atoms with Crippen molar-refractivity contribution in [3.63, 3.8) is 0 Å². The standard InChI is InChI=1S/C22H25N3O4/c1-25(2)19-11-7-10-17(12-19)20(26)23-15-18-14-22(29-24-18,21(27)28-3)13-16-8-5-4-6-9-16/h4-12H,13-15H2,1-3H3,(H,23,26). The maximum Gasteiger partial charge on any atom is 0.353 e. The highest BCUT2D eigenvalue weighted by atomic mass is 16.7. The minimum Gasteiger partial charge on any atom is -0.466 e. The topological polar surface area (TPSA) is 80.2 Å². The van der Waals surface area contributed by atoms with Crippen LogP contribution in [0.25, 0.3) is 0 Å². The van der Waals surface area contributed by atoms with Gasteiger partial charge >= 0.3 is 5.97 Å². The number of nitrogens with one attached hydrogen (secondary N) is 1. The molecule has 2 aromatic rings. The quantitative estimate of drug-likeness (QED) is 0.729. The van der Waals surface area contributed by atoms with E-state index >= 15 is 0 Å². The number of carbonyl (C=O) groups is 2. The van der Waals surface area contributed by atoms with Crippen molar-refractivity contribution in [1.29, 1.82) is 0 Å². The van der Waals surface area contributed by atoms with Crippen molar-refractivity contribution in [3.8, 4) is 0 Å². The molecule has 7 heteroatoms. The van der Waals surface area contributed by atoms with Gasteiger partial charge in [0.2, 0.25) is 5.60 Å². The molecular weight excluding hydrogens is 370 g/mol. The second-order valence-corrected chi connectivity index (χ2v) is 7.20. The first-order chi connectivity index (χ1) is 13.9. The fourth-order valence-corrected chi connectivity index (χ4v) is 3.24. The average molecular weight is 395 g/mol. The first kappa shape index (κ1) is 20.4. The van der Waals surface area contributed by atoms with Gasteiger partial charge in [-0.25, -0.2) is 4.79 Å². The number of oxime groups is 1. The average Bonchev–Trinajstić information content (AvgIpc) is 3.16. The molecule has 3 rings (SSSR count). The predicted octanol–water partition coefficient (Wildman–Crippen LogP) is 2.41. The first-order valence-corrected chi connectivity index (χ1v) is 9.35. The van der Waals surface area contributed by atoms with Gasteiger partial charge in [-0.15, -0.1) is 0 Å². The molecular formula is C22H25N3O4. The van der Waals surface area contributed by atoms with E-state index in [4.69, 9.17) is 9.57 Å². The molecule has 1 atom stereocenters. The molecule has 1 heterocycles. The van der Waals surface area contributed by atoms with E-state index in [0.717, 1.165) is 11.3 Å². The van der Waals surface area contributed by atoms with Crippen LogP contribution in [0.3, 0.4) is 0 Å². The Morgan fingerprint density at radius 1 is 1.17 bits per heavy atom. The summed E-state index contributed by atoms with van der Waals surface area (Å²) < 4.78 is 4.96. The predicted molar refractivity (Wildman–Crippen MR) is 111 cm³/mol. The maximum absolute atomic E-state index is 12.5. The summed E-state index contributed by atoms with van der Waals surface area (Å²) in [4.78, 5) is 32.4. The number of anilines is 1. The SMILES string of the molecule is COC(=O)C1(Cc2ccccc2)CC(CNC(=O)c2cccc(N(C)C)c2)=NO1. The Hall–Kier alpha value is -3.35. The van der Waals surface area contributed by atoms with Gasteiger partial charge in [-0.1, -0.05) is 41.6 Å². The Morgan fingerprint density at radius 2 is 1.93 bits per heavy atom. The lowest BCUT2D eigenvalue weighted by atomic mass is 9.89. The lowest BCUT2D eigenvalue weighted by Gasteiger charge is -2.23. The van der Waals surface area contributed by atoms with Crippen LogP contribution < -0.4 is 10.2 Å². The molecule has 0 saturated heterocycles. The minimum absolute atomic E-state index is 0.193. The summed E-state index contributed by atoms with van der Waals surface area (Å²) >= 11 is 0. The highest BCUT2D eigenvalue weighted by Crippen LogP contribution is 2.29. The Labute approximate surface area is 170 Å². The molecule has 0 fully saturated rings. The maximum atomic E-state index is 12.5. The fourth-order valence-electron chi connectivity index (χ4n) is 3.24. The zero-order chi connectivity index (χ0) is 20.9. The Morgan fingerprint density at radius 3 is 2.62 bits per heavy atom. The summed E-state index contributed by atoms with van der Waals surface area (Å²) in [5.41, 5.74) is 1.81. The molecule has 1 aliphatic heterocycles. The first-order valence-electron chi connectivity index (χ1n) is 9.35. The monoisotopic (exact) mass is 395 g/mol. The van der Waals surface area contributed by atoms with Gasteiger partial charge in [0.25, 0.3) is 5.91 Å². The van der Waals surface area contributed by atoms with E-state index in [1.807, 2.05) is 67.5 Å². The molecule has 0 bridgehead atoms. The number of ether oxygens (including phenoxy) is 1. The third-order valence-corrected chi connectivity index (χ3v) is 4.81. The molecule has 0 spiro atoms. The smallest absolute Gasteiger partial charge is 0.353 e. The van der Waals surface area contributed by atoms with Gasteiger partial charge in [0, 0.05) is 38.2 Å². The summed E-state index contributed by atoms with van der Waals surface area (Å²) in [5, 5.41) is 6.90. The summed E-state index contributed by atoms with van der Waals surface area (Å²) in [6.45, 7) is 0.193. The molecule has 0 saturated carbocycles. The Bertz CT molecular complexity index is 911. The number of rotatable bonds is 7. The van der Waals surface area contributed by atoms with Crippen LogP contribution in [0.2, 0.25) is 0 Å². The molecule has 0 aromatic heterocycles. The van der Waals surface area contributed by atoms with Crippen LogP contribution in [0.1, 0.15) is 22.3 Å². The van der Waals surface area contributed by atoms with Crippen LogP contribution >= 0.6 is 0 Å². The number of amides is 1. The molecule has 2 aromatic carbocycles. The van der Waals surface area contributed by atoms with Crippen molar-refractivity contribution in [2.45, 2.75) is 18.4 Å². The fraction of sp³-hybridized carbons (Fsp3) is 0.318. The molecule has 1 unspecified atom stereocenters. The molecule has 1 amide bonds. The van der Waals surface area contributed by atoms with Crippen molar-refractivity contribution < 1.29 is 19.2 Å². The molecule has 1 aliphatic rings. The molecule has 152 valence electrons. The van der Waals surface area contributed by atoms with Gasteiger partial charge in [-0.2, -0.15) is 0 Å². The lowest BCUT2D eigenvalue weighted by Crippen LogP contribution is -2.43. The third kappa shape index (κ3) is 4.74. The van der Waals surface area contributed by atoms with E-state index in [0.29, 0.717) is 17.7 Å². The van der Waals surface area contributed by atoms with Crippen LogP contribution in [-0.4, -0.2) is 50.9 Å². The van der Waals surface area contributed by atoms with Crippen LogP contribution in [0, 0.1) is 0 Å². The van der Waals surface area contributed by atoms with Crippen LogP contribution in [0.15, 0.2) is 59.8 Å². The minimum atomic E-state index is -1.21. The van der Waals surface area contributed by atoms with Gasteiger partial charge in [-0.3, -0.25) is 4.79 Å². The van der Waals surface area contributed by atoms with Gasteiger partial charge in [0.05, 0.1) is 19.4 Å². The van der Waals surface area contributed by atoms with Gasteiger partial charge in [0.1, 0.15) is 0 Å². The van der Waals surface area contributed by atoms with Crippen molar-refractivity contribution in [3.05, 3.63) is 65.7 Å². The van der Waals surface area contributed by atoms with Gasteiger partial charge in [0.15, 0.2) is 0 Å². The second kappa shape index (κ2) is 8.77. The molecule has 0 radical (unpaired) electrons. The number of hydrogen-bond donors (Lipinski definition) is 1. The molecule has 29 heavy (non-hydrogen) atoms. The van der Waals surface area contributed by atoms with Crippen molar-refractivity contribution in [2.24, 2.45) is 5.16 Å². The number of hydrogen-bond acceptors (Lipinski definition) is 6. The summed E-state index contributed by atoms with van der Waals surface area (Å²) in [6.07, 6.45) is 0.596. The van der Waals surface area contributed by atoms with Crippen molar-refractivity contribution in [1.82, 2.24) is 5.32 Å². The summed E-state index contributed by atoms with van der Waals surface area (Å²) in [5.74, 6) is -0.694. The largest absolute Gasteiger partial charge is 0.466 e. The normalized spacial score (nSPS) is 17.8. The number of esters is 1. The van der Waals surface area contributed by atoms with E-state index in [9.17, 15) is 9.59 Å². The zero-order valence-corrected chi connectivity index (χ0v) is 16.8. The number of carbonyl (C=O) groups excluding carboxylic acids is 2. The van der Waals surface area contributed by atoms with Gasteiger partial charge in [-0.05, 0) is 23.8 Å². The zero-order valence-electron chi connectivity index (χ0n) is 16.8. The highest BCUT2D eigenvalue weighted by molar-refractivity contribution is 6.00. The lowest BCUT2D eigenvalue weighted by molar-refractivity contribution is -0.166. The number of methoxy groups -OCH3 is 1. The number of benzene rings is 2. The van der Waals surface area contributed by atoms with Crippen LogP contribution in [0.5, 0.6) is 0 Å². The van der Waals surface area contributed by atoms with E-state index in [-0.39, 0.29) is 18.9 Å².